The summed E-state index contributed by atoms with van der Waals surface area (Å²) in [6, 6.07) is 9.18. The van der Waals surface area contributed by atoms with Crippen LogP contribution in [0.1, 0.15) is 19.4 Å². The van der Waals surface area contributed by atoms with E-state index in [1.165, 1.54) is 0 Å². The number of benzene rings is 1. The van der Waals surface area contributed by atoms with E-state index in [9.17, 15) is 4.79 Å². The van der Waals surface area contributed by atoms with Gasteiger partial charge in [0.2, 0.25) is 0 Å². The topological polar surface area (TPSA) is 53.3 Å². The summed E-state index contributed by atoms with van der Waals surface area (Å²) in [5, 5.41) is 9.11. The number of carbonyl (C=O) groups excluding carboxylic acids is 1. The Morgan fingerprint density at radius 2 is 1.89 bits per heavy atom. The van der Waals surface area contributed by atoms with E-state index >= 15 is 0 Å². The zero-order valence-electron chi connectivity index (χ0n) is 11.5. The van der Waals surface area contributed by atoms with Crippen LogP contribution in [0.15, 0.2) is 29.8 Å². The first kappa shape index (κ1) is 14.8. The maximum Gasteiger partial charge on any atom is 0.264 e. The maximum atomic E-state index is 12.1. The van der Waals surface area contributed by atoms with Gasteiger partial charge in [-0.2, -0.15) is 5.26 Å². The molecule has 1 rings (SSSR count). The molecule has 4 heteroatoms. The number of methoxy groups -OCH3 is 1. The molecule has 0 saturated carbocycles. The molecule has 0 bridgehead atoms. The molecule has 1 aromatic carbocycles. The largest absolute Gasteiger partial charge is 0.497 e. The number of nitriles is 1. The number of carbonyl (C=O) groups is 1. The molecule has 0 radical (unpaired) electrons. The van der Waals surface area contributed by atoms with E-state index in [-0.39, 0.29) is 11.5 Å². The SMILES string of the molecule is CCN(CC)C(=O)C(C#N)=Cc1ccc(OC)cc1. The molecule has 100 valence electrons. The van der Waals surface area contributed by atoms with Gasteiger partial charge in [0.1, 0.15) is 17.4 Å². The maximum absolute atomic E-state index is 12.1. The monoisotopic (exact) mass is 258 g/mol. The van der Waals surface area contributed by atoms with Gasteiger partial charge >= 0.3 is 0 Å². The smallest absolute Gasteiger partial charge is 0.264 e. The fourth-order valence-electron chi connectivity index (χ4n) is 1.69. The number of amides is 1. The third-order valence-electron chi connectivity index (χ3n) is 2.83. The second-order valence-corrected chi connectivity index (χ2v) is 3.92. The van der Waals surface area contributed by atoms with Crippen LogP contribution < -0.4 is 4.74 Å². The number of nitrogens with zero attached hydrogens (tertiary/aromatic N) is 2. The Labute approximate surface area is 113 Å². The minimum absolute atomic E-state index is 0.147. The van der Waals surface area contributed by atoms with E-state index in [2.05, 4.69) is 0 Å². The molecular formula is C15H18N2O2. The summed E-state index contributed by atoms with van der Waals surface area (Å²) in [6.07, 6.45) is 1.60. The minimum atomic E-state index is -0.233. The normalized spacial score (nSPS) is 10.7. The van der Waals surface area contributed by atoms with Crippen LogP contribution in [0, 0.1) is 11.3 Å². The molecule has 0 aliphatic carbocycles. The van der Waals surface area contributed by atoms with Crippen LogP contribution in [-0.2, 0) is 4.79 Å². The third-order valence-corrected chi connectivity index (χ3v) is 2.83. The minimum Gasteiger partial charge on any atom is -0.497 e. The summed E-state index contributed by atoms with van der Waals surface area (Å²) in [5.41, 5.74) is 0.951. The van der Waals surface area contributed by atoms with Gasteiger partial charge in [0.25, 0.3) is 5.91 Å². The Morgan fingerprint density at radius 1 is 1.32 bits per heavy atom. The average Bonchev–Trinajstić information content (AvgIpc) is 2.46. The highest BCUT2D eigenvalue weighted by molar-refractivity contribution is 6.01. The quantitative estimate of drug-likeness (QED) is 0.602. The first-order chi connectivity index (χ1) is 9.15. The van der Waals surface area contributed by atoms with Crippen molar-refractivity contribution in [2.75, 3.05) is 20.2 Å². The number of likely N-dealkylation sites (N-methyl/N-ethyl adjacent to an activating group) is 1. The highest BCUT2D eigenvalue weighted by Gasteiger charge is 2.14. The van der Waals surface area contributed by atoms with Gasteiger partial charge in [0.15, 0.2) is 0 Å². The van der Waals surface area contributed by atoms with Crippen LogP contribution in [-0.4, -0.2) is 31.0 Å². The number of hydrogen-bond donors (Lipinski definition) is 0. The van der Waals surface area contributed by atoms with Crippen LogP contribution in [0.2, 0.25) is 0 Å². The second-order valence-electron chi connectivity index (χ2n) is 3.92. The van der Waals surface area contributed by atoms with E-state index in [4.69, 9.17) is 10.00 Å². The van der Waals surface area contributed by atoms with Crippen molar-refractivity contribution < 1.29 is 9.53 Å². The van der Waals surface area contributed by atoms with Crippen LogP contribution >= 0.6 is 0 Å². The number of hydrogen-bond acceptors (Lipinski definition) is 3. The zero-order valence-corrected chi connectivity index (χ0v) is 11.5. The van der Waals surface area contributed by atoms with E-state index in [1.54, 1.807) is 30.2 Å². The molecule has 0 heterocycles. The summed E-state index contributed by atoms with van der Waals surface area (Å²) in [6.45, 7) is 4.97. The number of ether oxygens (including phenoxy) is 1. The van der Waals surface area contributed by atoms with E-state index < -0.39 is 0 Å². The summed E-state index contributed by atoms with van der Waals surface area (Å²) >= 11 is 0. The molecule has 0 aliphatic rings. The standard InChI is InChI=1S/C15H18N2O2/c1-4-17(5-2)15(18)13(11-16)10-12-6-8-14(19-3)9-7-12/h6-10H,4-5H2,1-3H3. The highest BCUT2D eigenvalue weighted by atomic mass is 16.5. The average molecular weight is 258 g/mol. The summed E-state index contributed by atoms with van der Waals surface area (Å²) in [7, 11) is 1.59. The van der Waals surface area contributed by atoms with Gasteiger partial charge in [-0.15, -0.1) is 0 Å². The van der Waals surface area contributed by atoms with Crippen molar-refractivity contribution in [1.29, 1.82) is 5.26 Å². The van der Waals surface area contributed by atoms with Crippen molar-refractivity contribution >= 4 is 12.0 Å². The van der Waals surface area contributed by atoms with Crippen molar-refractivity contribution in [1.82, 2.24) is 4.90 Å². The van der Waals surface area contributed by atoms with Gasteiger partial charge in [-0.05, 0) is 37.6 Å². The molecule has 1 amide bonds. The fraction of sp³-hybridized carbons (Fsp3) is 0.333. The van der Waals surface area contributed by atoms with Gasteiger partial charge in [0.05, 0.1) is 7.11 Å². The van der Waals surface area contributed by atoms with Crippen molar-refractivity contribution in [3.8, 4) is 11.8 Å². The summed E-state index contributed by atoms with van der Waals surface area (Å²) < 4.78 is 5.06. The van der Waals surface area contributed by atoms with E-state index in [0.717, 1.165) is 11.3 Å². The molecule has 0 fully saturated rings. The molecule has 19 heavy (non-hydrogen) atoms. The predicted molar refractivity (Wildman–Crippen MR) is 74.5 cm³/mol. The lowest BCUT2D eigenvalue weighted by Gasteiger charge is -2.17. The molecular weight excluding hydrogens is 240 g/mol. The van der Waals surface area contributed by atoms with Crippen LogP contribution in [0.5, 0.6) is 5.75 Å². The van der Waals surface area contributed by atoms with Gasteiger partial charge in [0, 0.05) is 13.1 Å². The Morgan fingerprint density at radius 3 is 2.32 bits per heavy atom. The third kappa shape index (κ3) is 3.85. The highest BCUT2D eigenvalue weighted by Crippen LogP contribution is 2.14. The molecule has 0 N–H and O–H groups in total. The van der Waals surface area contributed by atoms with Gasteiger partial charge in [-0.1, -0.05) is 12.1 Å². The molecule has 0 saturated heterocycles. The van der Waals surface area contributed by atoms with Crippen molar-refractivity contribution in [2.24, 2.45) is 0 Å². The van der Waals surface area contributed by atoms with Crippen LogP contribution in [0.4, 0.5) is 0 Å². The first-order valence-electron chi connectivity index (χ1n) is 6.21. The van der Waals surface area contributed by atoms with E-state index in [1.807, 2.05) is 32.0 Å². The molecule has 1 aromatic rings. The first-order valence-corrected chi connectivity index (χ1v) is 6.21. The molecule has 0 atom stereocenters. The van der Waals surface area contributed by atoms with Crippen LogP contribution in [0.3, 0.4) is 0 Å². The Hall–Kier alpha value is -2.28. The fourth-order valence-corrected chi connectivity index (χ4v) is 1.69. The zero-order chi connectivity index (χ0) is 14.3. The predicted octanol–water partition coefficient (Wildman–Crippen LogP) is 2.47. The second kappa shape index (κ2) is 7.22. The molecule has 0 spiro atoms. The molecule has 0 aromatic heterocycles. The Balaban J connectivity index is 2.98. The Kier molecular flexibility index (Phi) is 5.62. The molecule has 0 unspecified atom stereocenters. The van der Waals surface area contributed by atoms with Crippen LogP contribution in [0.25, 0.3) is 6.08 Å². The van der Waals surface area contributed by atoms with Gasteiger partial charge in [-0.3, -0.25) is 4.79 Å². The summed E-state index contributed by atoms with van der Waals surface area (Å²) in [4.78, 5) is 13.7. The van der Waals surface area contributed by atoms with Crippen molar-refractivity contribution in [3.63, 3.8) is 0 Å². The lowest BCUT2D eigenvalue weighted by Crippen LogP contribution is -2.31. The lowest BCUT2D eigenvalue weighted by molar-refractivity contribution is -0.126. The molecule has 0 aliphatic heterocycles. The Bertz CT molecular complexity index is 494. The molecule has 4 nitrogen and oxygen atoms in total. The van der Waals surface area contributed by atoms with Gasteiger partial charge in [-0.25, -0.2) is 0 Å². The lowest BCUT2D eigenvalue weighted by atomic mass is 10.1. The summed E-state index contributed by atoms with van der Waals surface area (Å²) in [5.74, 6) is 0.508. The van der Waals surface area contributed by atoms with Gasteiger partial charge < -0.3 is 9.64 Å². The van der Waals surface area contributed by atoms with Crippen molar-refractivity contribution in [3.05, 3.63) is 35.4 Å². The van der Waals surface area contributed by atoms with Crippen molar-refractivity contribution in [2.45, 2.75) is 13.8 Å². The number of rotatable bonds is 5. The van der Waals surface area contributed by atoms with E-state index in [0.29, 0.717) is 13.1 Å².